The number of likely N-dealkylation sites (N-methyl/N-ethyl adjacent to an activating group) is 1. The molecule has 0 radical (unpaired) electrons. The van der Waals surface area contributed by atoms with Gasteiger partial charge >= 0.3 is 0 Å². The highest BCUT2D eigenvalue weighted by Gasteiger charge is 2.16. The molecular weight excluding hydrogens is 276 g/mol. The zero-order valence-electron chi connectivity index (χ0n) is 12.7. The van der Waals surface area contributed by atoms with Crippen LogP contribution in [0.3, 0.4) is 0 Å². The van der Waals surface area contributed by atoms with Crippen molar-refractivity contribution < 1.29 is 9.84 Å². The van der Waals surface area contributed by atoms with E-state index >= 15 is 0 Å². The van der Waals surface area contributed by atoms with Gasteiger partial charge in [0.25, 0.3) is 0 Å². The first kappa shape index (κ1) is 17.2. The van der Waals surface area contributed by atoms with Crippen LogP contribution < -0.4 is 10.2 Å². The van der Waals surface area contributed by atoms with E-state index < -0.39 is 5.60 Å². The Balaban J connectivity index is 2.63. The second-order valence-corrected chi connectivity index (χ2v) is 6.02. The third-order valence-electron chi connectivity index (χ3n) is 2.90. The van der Waals surface area contributed by atoms with Crippen molar-refractivity contribution in [2.75, 3.05) is 38.8 Å². The molecule has 0 saturated carbocycles. The van der Waals surface area contributed by atoms with Crippen LogP contribution in [0.5, 0.6) is 0 Å². The van der Waals surface area contributed by atoms with E-state index in [4.69, 9.17) is 16.3 Å². The molecule has 0 aliphatic rings. The summed E-state index contributed by atoms with van der Waals surface area (Å²) in [7, 11) is 3.63. The Labute approximate surface area is 126 Å². The number of hydrogen-bond acceptors (Lipinski definition) is 4. The maximum absolute atomic E-state index is 9.84. The van der Waals surface area contributed by atoms with E-state index in [9.17, 15) is 5.11 Å². The van der Waals surface area contributed by atoms with Crippen molar-refractivity contribution in [3.8, 4) is 0 Å². The van der Waals surface area contributed by atoms with Gasteiger partial charge in [0.15, 0.2) is 0 Å². The van der Waals surface area contributed by atoms with Crippen LogP contribution >= 0.6 is 11.6 Å². The van der Waals surface area contributed by atoms with E-state index in [0.717, 1.165) is 29.4 Å². The monoisotopic (exact) mass is 300 g/mol. The van der Waals surface area contributed by atoms with E-state index in [1.807, 2.05) is 30.1 Å². The van der Waals surface area contributed by atoms with Gasteiger partial charge in [0.1, 0.15) is 0 Å². The van der Waals surface area contributed by atoms with Gasteiger partial charge in [-0.1, -0.05) is 17.7 Å². The smallest absolute Gasteiger partial charge is 0.0765 e. The van der Waals surface area contributed by atoms with Crippen molar-refractivity contribution in [3.63, 3.8) is 0 Å². The standard InChI is InChI=1S/C15H25ClN2O2/c1-15(2,19)11-18(3)13-6-5-12(14(16)9-13)10-17-7-8-20-4/h5-6,9,17,19H,7-8,10-11H2,1-4H3. The normalized spacial score (nSPS) is 11.7. The van der Waals surface area contributed by atoms with Crippen LogP contribution in [0.2, 0.25) is 5.02 Å². The molecule has 0 fully saturated rings. The fourth-order valence-corrected chi connectivity index (χ4v) is 2.23. The molecule has 20 heavy (non-hydrogen) atoms. The lowest BCUT2D eigenvalue weighted by Crippen LogP contribution is -2.36. The molecule has 0 spiro atoms. The molecule has 0 aliphatic carbocycles. The van der Waals surface area contributed by atoms with Gasteiger partial charge in [-0.05, 0) is 31.5 Å². The van der Waals surface area contributed by atoms with Gasteiger partial charge in [0.05, 0.1) is 12.2 Å². The van der Waals surface area contributed by atoms with E-state index in [1.165, 1.54) is 0 Å². The van der Waals surface area contributed by atoms with Gasteiger partial charge in [0.2, 0.25) is 0 Å². The van der Waals surface area contributed by atoms with Crippen LogP contribution in [0.15, 0.2) is 18.2 Å². The molecule has 0 atom stereocenters. The van der Waals surface area contributed by atoms with Crippen molar-refractivity contribution in [2.45, 2.75) is 26.0 Å². The fraction of sp³-hybridized carbons (Fsp3) is 0.600. The molecular formula is C15H25ClN2O2. The molecule has 0 heterocycles. The second-order valence-electron chi connectivity index (χ2n) is 5.61. The molecule has 4 nitrogen and oxygen atoms in total. The molecule has 0 bridgehead atoms. The maximum Gasteiger partial charge on any atom is 0.0765 e. The Morgan fingerprint density at radius 2 is 2.10 bits per heavy atom. The number of aliphatic hydroxyl groups is 1. The lowest BCUT2D eigenvalue weighted by atomic mass is 10.1. The SMILES string of the molecule is COCCNCc1ccc(N(C)CC(C)(C)O)cc1Cl. The minimum Gasteiger partial charge on any atom is -0.389 e. The quantitative estimate of drug-likeness (QED) is 0.723. The molecule has 0 amide bonds. The van der Waals surface area contributed by atoms with Gasteiger partial charge in [-0.25, -0.2) is 0 Å². The third-order valence-corrected chi connectivity index (χ3v) is 3.25. The Morgan fingerprint density at radius 3 is 2.65 bits per heavy atom. The molecule has 1 aromatic carbocycles. The minimum absolute atomic E-state index is 0.550. The summed E-state index contributed by atoms with van der Waals surface area (Å²) in [6, 6.07) is 5.96. The summed E-state index contributed by atoms with van der Waals surface area (Å²) in [5.41, 5.74) is 1.32. The Morgan fingerprint density at radius 1 is 1.40 bits per heavy atom. The summed E-state index contributed by atoms with van der Waals surface area (Å²) < 4.78 is 4.98. The predicted molar refractivity (Wildman–Crippen MR) is 84.6 cm³/mol. The van der Waals surface area contributed by atoms with Crippen molar-refractivity contribution in [1.29, 1.82) is 0 Å². The topological polar surface area (TPSA) is 44.7 Å². The number of nitrogens with zero attached hydrogens (tertiary/aromatic N) is 1. The van der Waals surface area contributed by atoms with Gasteiger partial charge < -0.3 is 20.1 Å². The van der Waals surface area contributed by atoms with Crippen LogP contribution in [0, 0.1) is 0 Å². The minimum atomic E-state index is -0.735. The van der Waals surface area contributed by atoms with Crippen molar-refractivity contribution in [1.82, 2.24) is 5.32 Å². The number of benzene rings is 1. The molecule has 0 aromatic heterocycles. The van der Waals surface area contributed by atoms with Crippen LogP contribution in [-0.4, -0.2) is 44.6 Å². The second kappa shape index (κ2) is 7.84. The molecule has 114 valence electrons. The largest absolute Gasteiger partial charge is 0.389 e. The summed E-state index contributed by atoms with van der Waals surface area (Å²) in [6.45, 7) is 6.34. The van der Waals surface area contributed by atoms with E-state index in [1.54, 1.807) is 21.0 Å². The van der Waals surface area contributed by atoms with Crippen molar-refractivity contribution in [3.05, 3.63) is 28.8 Å². The van der Waals surface area contributed by atoms with Crippen molar-refractivity contribution >= 4 is 17.3 Å². The van der Waals surface area contributed by atoms with Crippen molar-refractivity contribution in [2.24, 2.45) is 0 Å². The molecule has 0 aliphatic heterocycles. The Hall–Kier alpha value is -0.810. The molecule has 0 saturated heterocycles. The first-order valence-electron chi connectivity index (χ1n) is 6.75. The van der Waals surface area contributed by atoms with Crippen LogP contribution in [0.1, 0.15) is 19.4 Å². The highest BCUT2D eigenvalue weighted by atomic mass is 35.5. The predicted octanol–water partition coefficient (Wildman–Crippen LogP) is 2.28. The summed E-state index contributed by atoms with van der Waals surface area (Å²) in [4.78, 5) is 1.99. The average molecular weight is 301 g/mol. The van der Waals surface area contributed by atoms with Gasteiger partial charge in [-0.3, -0.25) is 0 Å². The van der Waals surface area contributed by atoms with E-state index in [-0.39, 0.29) is 0 Å². The van der Waals surface area contributed by atoms with Gasteiger partial charge in [-0.2, -0.15) is 0 Å². The number of rotatable bonds is 8. The van der Waals surface area contributed by atoms with Gasteiger partial charge in [-0.15, -0.1) is 0 Å². The van der Waals surface area contributed by atoms with E-state index in [2.05, 4.69) is 5.32 Å². The number of halogens is 1. The highest BCUT2D eigenvalue weighted by Crippen LogP contribution is 2.24. The van der Waals surface area contributed by atoms with Gasteiger partial charge in [0, 0.05) is 44.5 Å². The Kier molecular flexibility index (Phi) is 6.76. The zero-order chi connectivity index (χ0) is 15.2. The van der Waals surface area contributed by atoms with Crippen LogP contribution in [0.25, 0.3) is 0 Å². The summed E-state index contributed by atoms with van der Waals surface area (Å²) in [5.74, 6) is 0. The molecule has 1 aromatic rings. The average Bonchev–Trinajstić information content (AvgIpc) is 2.34. The summed E-state index contributed by atoms with van der Waals surface area (Å²) in [5, 5.41) is 13.8. The van der Waals surface area contributed by atoms with Crippen LogP contribution in [-0.2, 0) is 11.3 Å². The summed E-state index contributed by atoms with van der Waals surface area (Å²) >= 11 is 6.30. The first-order valence-corrected chi connectivity index (χ1v) is 7.13. The number of nitrogens with one attached hydrogen (secondary N) is 1. The molecule has 2 N–H and O–H groups in total. The van der Waals surface area contributed by atoms with E-state index in [0.29, 0.717) is 13.2 Å². The number of ether oxygens (including phenoxy) is 1. The number of hydrogen-bond donors (Lipinski definition) is 2. The fourth-order valence-electron chi connectivity index (χ4n) is 1.99. The Bertz CT molecular complexity index is 419. The molecule has 5 heteroatoms. The third kappa shape index (κ3) is 6.09. The molecule has 0 unspecified atom stereocenters. The van der Waals surface area contributed by atoms with Crippen LogP contribution in [0.4, 0.5) is 5.69 Å². The number of methoxy groups -OCH3 is 1. The maximum atomic E-state index is 9.84. The zero-order valence-corrected chi connectivity index (χ0v) is 13.5. The molecule has 1 rings (SSSR count). The first-order chi connectivity index (χ1) is 9.33. The summed E-state index contributed by atoms with van der Waals surface area (Å²) in [6.07, 6.45) is 0. The lowest BCUT2D eigenvalue weighted by Gasteiger charge is -2.27. The lowest BCUT2D eigenvalue weighted by molar-refractivity contribution is 0.0886. The number of anilines is 1. The highest BCUT2D eigenvalue weighted by molar-refractivity contribution is 6.31.